The molecule has 0 atom stereocenters. The van der Waals surface area contributed by atoms with Gasteiger partial charge < -0.3 is 14.6 Å². The van der Waals surface area contributed by atoms with E-state index in [2.05, 4.69) is 9.88 Å². The number of nitrogens with zero attached hydrogens (tertiary/aromatic N) is 2. The van der Waals surface area contributed by atoms with Crippen LogP contribution >= 0.6 is 11.6 Å². The van der Waals surface area contributed by atoms with E-state index < -0.39 is 0 Å². The van der Waals surface area contributed by atoms with E-state index in [0.717, 1.165) is 75.2 Å². The molecule has 2 aliphatic rings. The number of carbonyl (C=O) groups is 1. The van der Waals surface area contributed by atoms with Crippen molar-refractivity contribution in [3.8, 4) is 0 Å². The topological polar surface area (TPSA) is 48.6 Å². The number of amides is 1. The Morgan fingerprint density at radius 3 is 2.73 bits per heavy atom. The Hall–Kier alpha value is -1.56. The van der Waals surface area contributed by atoms with Crippen molar-refractivity contribution >= 4 is 28.4 Å². The van der Waals surface area contributed by atoms with Crippen LogP contribution in [0.1, 0.15) is 18.4 Å². The Bertz CT molecular complexity index is 762. The average molecular weight is 376 g/mol. The van der Waals surface area contributed by atoms with Crippen LogP contribution in [0.15, 0.2) is 24.4 Å². The number of benzene rings is 1. The van der Waals surface area contributed by atoms with Gasteiger partial charge in [0.05, 0.1) is 19.6 Å². The summed E-state index contributed by atoms with van der Waals surface area (Å²) in [6.45, 7) is 6.68. The van der Waals surface area contributed by atoms with E-state index in [0.29, 0.717) is 17.4 Å². The van der Waals surface area contributed by atoms with Gasteiger partial charge in [0.2, 0.25) is 5.91 Å². The Labute approximate surface area is 159 Å². The summed E-state index contributed by atoms with van der Waals surface area (Å²) in [6.07, 6.45) is 4.57. The van der Waals surface area contributed by atoms with Gasteiger partial charge >= 0.3 is 0 Å². The van der Waals surface area contributed by atoms with E-state index in [1.54, 1.807) is 0 Å². The number of likely N-dealkylation sites (tertiary alicyclic amines) is 1. The zero-order valence-electron chi connectivity index (χ0n) is 15.0. The van der Waals surface area contributed by atoms with Crippen molar-refractivity contribution in [1.82, 2.24) is 14.8 Å². The molecular weight excluding hydrogens is 350 g/mol. The maximum absolute atomic E-state index is 12.7. The fraction of sp³-hybridized carbons (Fsp3) is 0.550. The fourth-order valence-electron chi connectivity index (χ4n) is 4.09. The number of carbonyl (C=O) groups excluding carboxylic acids is 1. The van der Waals surface area contributed by atoms with Crippen LogP contribution in [0, 0.1) is 5.92 Å². The van der Waals surface area contributed by atoms with Gasteiger partial charge in [-0.05, 0) is 42.5 Å². The molecular formula is C20H26ClN3O2. The largest absolute Gasteiger partial charge is 0.379 e. The van der Waals surface area contributed by atoms with E-state index in [1.807, 2.05) is 29.3 Å². The molecule has 0 saturated carbocycles. The lowest BCUT2D eigenvalue weighted by atomic mass is 9.95. The standard InChI is InChI=1S/C20H26ClN3O2/c21-17-1-2-19-18(12-17)16(13-22-19)11-20(25)24-5-3-15(4-6-24)14-23-7-9-26-10-8-23/h1-2,12-13,15,22H,3-11,14H2. The second-order valence-electron chi connectivity index (χ2n) is 7.42. The number of halogens is 1. The molecule has 0 radical (unpaired) electrons. The van der Waals surface area contributed by atoms with Crippen LogP contribution in [0.2, 0.25) is 5.02 Å². The minimum Gasteiger partial charge on any atom is -0.379 e. The number of aromatic nitrogens is 1. The van der Waals surface area contributed by atoms with Crippen molar-refractivity contribution in [3.63, 3.8) is 0 Å². The second-order valence-corrected chi connectivity index (χ2v) is 7.85. The number of hydrogen-bond acceptors (Lipinski definition) is 3. The molecule has 3 heterocycles. The first-order valence-electron chi connectivity index (χ1n) is 9.52. The molecule has 5 nitrogen and oxygen atoms in total. The first-order chi connectivity index (χ1) is 12.7. The van der Waals surface area contributed by atoms with Gasteiger partial charge in [-0.25, -0.2) is 0 Å². The normalized spacial score (nSPS) is 20.0. The van der Waals surface area contributed by atoms with Gasteiger partial charge in [0.15, 0.2) is 0 Å². The molecule has 1 aromatic carbocycles. The van der Waals surface area contributed by atoms with Crippen molar-refractivity contribution in [2.75, 3.05) is 45.9 Å². The number of H-pyrrole nitrogens is 1. The minimum atomic E-state index is 0.218. The maximum Gasteiger partial charge on any atom is 0.227 e. The molecule has 2 aromatic rings. The molecule has 1 aromatic heterocycles. The zero-order valence-corrected chi connectivity index (χ0v) is 15.8. The predicted molar refractivity (Wildman–Crippen MR) is 104 cm³/mol. The van der Waals surface area contributed by atoms with Crippen LogP contribution in [0.3, 0.4) is 0 Å². The molecule has 0 spiro atoms. The lowest BCUT2D eigenvalue weighted by Crippen LogP contribution is -2.44. The highest BCUT2D eigenvalue weighted by Gasteiger charge is 2.25. The van der Waals surface area contributed by atoms with Crippen LogP contribution in [0.5, 0.6) is 0 Å². The third kappa shape index (κ3) is 4.05. The lowest BCUT2D eigenvalue weighted by molar-refractivity contribution is -0.131. The number of rotatable bonds is 4. The quantitative estimate of drug-likeness (QED) is 0.893. The minimum absolute atomic E-state index is 0.218. The Kier molecular flexibility index (Phi) is 5.48. The molecule has 0 bridgehead atoms. The van der Waals surface area contributed by atoms with Gasteiger partial charge in [-0.3, -0.25) is 9.69 Å². The summed E-state index contributed by atoms with van der Waals surface area (Å²) in [4.78, 5) is 20.5. The zero-order chi connectivity index (χ0) is 17.9. The lowest BCUT2D eigenvalue weighted by Gasteiger charge is -2.36. The Balaban J connectivity index is 1.31. The maximum atomic E-state index is 12.7. The van der Waals surface area contributed by atoms with E-state index in [4.69, 9.17) is 16.3 Å². The highest BCUT2D eigenvalue weighted by molar-refractivity contribution is 6.31. The summed E-state index contributed by atoms with van der Waals surface area (Å²) in [5, 5.41) is 1.75. The summed E-state index contributed by atoms with van der Waals surface area (Å²) in [5.74, 6) is 0.916. The van der Waals surface area contributed by atoms with E-state index >= 15 is 0 Å². The van der Waals surface area contributed by atoms with Gasteiger partial charge in [-0.1, -0.05) is 11.6 Å². The third-order valence-electron chi connectivity index (χ3n) is 5.66. The second kappa shape index (κ2) is 7.99. The van der Waals surface area contributed by atoms with Crippen molar-refractivity contribution in [1.29, 1.82) is 0 Å². The Morgan fingerprint density at radius 2 is 1.96 bits per heavy atom. The number of aromatic amines is 1. The van der Waals surface area contributed by atoms with Gasteiger partial charge in [-0.15, -0.1) is 0 Å². The van der Waals surface area contributed by atoms with Crippen LogP contribution in [0.4, 0.5) is 0 Å². The van der Waals surface area contributed by atoms with Crippen LogP contribution in [0.25, 0.3) is 10.9 Å². The molecule has 2 aliphatic heterocycles. The molecule has 6 heteroatoms. The number of piperidine rings is 1. The number of morpholine rings is 1. The highest BCUT2D eigenvalue weighted by atomic mass is 35.5. The van der Waals surface area contributed by atoms with Crippen LogP contribution in [-0.4, -0.2) is 66.6 Å². The first-order valence-corrected chi connectivity index (χ1v) is 9.90. The van der Waals surface area contributed by atoms with Gasteiger partial charge in [0, 0.05) is 54.8 Å². The van der Waals surface area contributed by atoms with E-state index in [1.165, 1.54) is 0 Å². The monoisotopic (exact) mass is 375 g/mol. The molecule has 0 unspecified atom stereocenters. The predicted octanol–water partition coefficient (Wildman–Crippen LogP) is 2.93. The fourth-order valence-corrected chi connectivity index (χ4v) is 4.26. The van der Waals surface area contributed by atoms with Gasteiger partial charge in [0.1, 0.15) is 0 Å². The molecule has 1 amide bonds. The highest BCUT2D eigenvalue weighted by Crippen LogP contribution is 2.24. The summed E-state index contributed by atoms with van der Waals surface area (Å²) < 4.78 is 5.42. The Morgan fingerprint density at radius 1 is 1.19 bits per heavy atom. The number of hydrogen-bond donors (Lipinski definition) is 1. The number of fused-ring (bicyclic) bond motifs is 1. The van der Waals surface area contributed by atoms with Gasteiger partial charge in [0.25, 0.3) is 0 Å². The summed E-state index contributed by atoms with van der Waals surface area (Å²) in [7, 11) is 0. The van der Waals surface area contributed by atoms with E-state index in [-0.39, 0.29) is 5.91 Å². The molecule has 26 heavy (non-hydrogen) atoms. The van der Waals surface area contributed by atoms with Gasteiger partial charge in [-0.2, -0.15) is 0 Å². The number of nitrogens with one attached hydrogen (secondary N) is 1. The van der Waals surface area contributed by atoms with Crippen LogP contribution < -0.4 is 0 Å². The third-order valence-corrected chi connectivity index (χ3v) is 5.89. The van der Waals surface area contributed by atoms with Crippen molar-refractivity contribution < 1.29 is 9.53 Å². The molecule has 2 saturated heterocycles. The molecule has 140 valence electrons. The van der Waals surface area contributed by atoms with Crippen molar-refractivity contribution in [2.45, 2.75) is 19.3 Å². The summed E-state index contributed by atoms with van der Waals surface area (Å²) in [5.41, 5.74) is 2.06. The molecule has 2 fully saturated rings. The molecule has 4 rings (SSSR count). The first kappa shape index (κ1) is 17.8. The SMILES string of the molecule is O=C(Cc1c[nH]c2ccc(Cl)cc12)N1CCC(CN2CCOCC2)CC1. The smallest absolute Gasteiger partial charge is 0.227 e. The van der Waals surface area contributed by atoms with Crippen molar-refractivity contribution in [3.05, 3.63) is 35.0 Å². The average Bonchev–Trinajstić information content (AvgIpc) is 3.05. The van der Waals surface area contributed by atoms with Crippen molar-refractivity contribution in [2.24, 2.45) is 5.92 Å². The summed E-state index contributed by atoms with van der Waals surface area (Å²) in [6, 6.07) is 5.76. The van der Waals surface area contributed by atoms with E-state index in [9.17, 15) is 4.79 Å². The summed E-state index contributed by atoms with van der Waals surface area (Å²) >= 11 is 6.11. The number of ether oxygens (including phenoxy) is 1. The molecule has 1 N–H and O–H groups in total. The van der Waals surface area contributed by atoms with Crippen LogP contribution in [-0.2, 0) is 16.0 Å². The molecule has 0 aliphatic carbocycles.